The first kappa shape index (κ1) is 19.3. The van der Waals surface area contributed by atoms with Gasteiger partial charge < -0.3 is 10.6 Å². The van der Waals surface area contributed by atoms with Crippen LogP contribution in [0.5, 0.6) is 0 Å². The number of piperidine rings is 1. The maximum Gasteiger partial charge on any atom is 0.238 e. The van der Waals surface area contributed by atoms with Crippen molar-refractivity contribution in [2.45, 2.75) is 12.8 Å². The number of rotatable bonds is 5. The van der Waals surface area contributed by atoms with E-state index in [-0.39, 0.29) is 30.0 Å². The van der Waals surface area contributed by atoms with Gasteiger partial charge in [0.15, 0.2) is 0 Å². The van der Waals surface area contributed by atoms with E-state index in [1.54, 1.807) is 0 Å². The number of carbonyl (C=O) groups is 2. The summed E-state index contributed by atoms with van der Waals surface area (Å²) in [5, 5.41) is 5.80. The van der Waals surface area contributed by atoms with Gasteiger partial charge in [-0.15, -0.1) is 0 Å². The number of hydrogen-bond donors (Lipinski definition) is 2. The molecule has 0 saturated carbocycles. The third-order valence-corrected chi connectivity index (χ3v) is 4.72. The van der Waals surface area contributed by atoms with Crippen LogP contribution >= 0.6 is 11.6 Å². The SMILES string of the molecule is O=C(CN1CCC[C@H](C(=O)Nc2ccccc2)C1)Nc1cc(Cl)ccc1F. The number of amides is 2. The van der Waals surface area contributed by atoms with Gasteiger partial charge in [-0.05, 0) is 49.7 Å². The topological polar surface area (TPSA) is 61.4 Å². The van der Waals surface area contributed by atoms with Gasteiger partial charge in [-0.25, -0.2) is 4.39 Å². The Labute approximate surface area is 162 Å². The fourth-order valence-corrected chi connectivity index (χ4v) is 3.34. The van der Waals surface area contributed by atoms with Crippen molar-refractivity contribution in [1.82, 2.24) is 4.90 Å². The zero-order chi connectivity index (χ0) is 19.2. The number of nitrogens with zero attached hydrogens (tertiary/aromatic N) is 1. The third-order valence-electron chi connectivity index (χ3n) is 4.49. The summed E-state index contributed by atoms with van der Waals surface area (Å²) in [6, 6.07) is 13.3. The average molecular weight is 390 g/mol. The Hall–Kier alpha value is -2.44. The van der Waals surface area contributed by atoms with Gasteiger partial charge >= 0.3 is 0 Å². The predicted octanol–water partition coefficient (Wildman–Crippen LogP) is 3.77. The second-order valence-corrected chi connectivity index (χ2v) is 7.04. The Morgan fingerprint density at radius 1 is 1.15 bits per heavy atom. The highest BCUT2D eigenvalue weighted by Crippen LogP contribution is 2.21. The lowest BCUT2D eigenvalue weighted by molar-refractivity contribution is -0.123. The van der Waals surface area contributed by atoms with E-state index in [4.69, 9.17) is 11.6 Å². The van der Waals surface area contributed by atoms with Crippen LogP contribution in [0.3, 0.4) is 0 Å². The van der Waals surface area contributed by atoms with E-state index >= 15 is 0 Å². The minimum Gasteiger partial charge on any atom is -0.326 e. The van der Waals surface area contributed by atoms with Gasteiger partial charge in [0.2, 0.25) is 11.8 Å². The lowest BCUT2D eigenvalue weighted by atomic mass is 9.97. The van der Waals surface area contributed by atoms with Crippen LogP contribution in [0, 0.1) is 11.7 Å². The first-order chi connectivity index (χ1) is 13.0. The van der Waals surface area contributed by atoms with Crippen molar-refractivity contribution < 1.29 is 14.0 Å². The third kappa shape index (κ3) is 5.52. The van der Waals surface area contributed by atoms with Crippen LogP contribution in [0.2, 0.25) is 5.02 Å². The van der Waals surface area contributed by atoms with Crippen molar-refractivity contribution in [1.29, 1.82) is 0 Å². The van der Waals surface area contributed by atoms with Crippen LogP contribution in [0.25, 0.3) is 0 Å². The van der Waals surface area contributed by atoms with Crippen molar-refractivity contribution in [2.24, 2.45) is 5.92 Å². The molecule has 142 valence electrons. The molecule has 0 aliphatic carbocycles. The Kier molecular flexibility index (Phi) is 6.42. The highest BCUT2D eigenvalue weighted by Gasteiger charge is 2.27. The molecule has 0 unspecified atom stereocenters. The molecule has 1 aliphatic heterocycles. The smallest absolute Gasteiger partial charge is 0.238 e. The monoisotopic (exact) mass is 389 g/mol. The van der Waals surface area contributed by atoms with Gasteiger partial charge in [-0.3, -0.25) is 14.5 Å². The number of nitrogens with one attached hydrogen (secondary N) is 2. The normalized spacial score (nSPS) is 17.3. The first-order valence-electron chi connectivity index (χ1n) is 8.84. The minimum absolute atomic E-state index is 0.0489. The van der Waals surface area contributed by atoms with Crippen molar-refractivity contribution >= 4 is 34.8 Å². The van der Waals surface area contributed by atoms with Crippen molar-refractivity contribution in [3.05, 3.63) is 59.4 Å². The summed E-state index contributed by atoms with van der Waals surface area (Å²) >= 11 is 5.84. The van der Waals surface area contributed by atoms with E-state index in [2.05, 4.69) is 10.6 Å². The van der Waals surface area contributed by atoms with Crippen LogP contribution in [0.15, 0.2) is 48.5 Å². The van der Waals surface area contributed by atoms with Crippen molar-refractivity contribution in [3.63, 3.8) is 0 Å². The number of likely N-dealkylation sites (tertiary alicyclic amines) is 1. The Morgan fingerprint density at radius 2 is 1.93 bits per heavy atom. The summed E-state index contributed by atoms with van der Waals surface area (Å²) in [5.41, 5.74) is 0.816. The molecule has 1 atom stereocenters. The second-order valence-electron chi connectivity index (χ2n) is 6.60. The summed E-state index contributed by atoms with van der Waals surface area (Å²) in [7, 11) is 0. The number of para-hydroxylation sites is 1. The lowest BCUT2D eigenvalue weighted by Gasteiger charge is -2.31. The number of carbonyl (C=O) groups excluding carboxylic acids is 2. The van der Waals surface area contributed by atoms with Crippen LogP contribution in [-0.4, -0.2) is 36.3 Å². The molecule has 0 radical (unpaired) electrons. The van der Waals surface area contributed by atoms with Gasteiger partial charge in [-0.1, -0.05) is 29.8 Å². The molecule has 27 heavy (non-hydrogen) atoms. The lowest BCUT2D eigenvalue weighted by Crippen LogP contribution is -2.44. The zero-order valence-electron chi connectivity index (χ0n) is 14.8. The molecule has 2 aromatic carbocycles. The molecular formula is C20H21ClFN3O2. The Bertz CT molecular complexity index is 816. The summed E-state index contributed by atoms with van der Waals surface area (Å²) in [4.78, 5) is 26.6. The molecule has 2 aromatic rings. The van der Waals surface area contributed by atoms with Crippen LogP contribution in [-0.2, 0) is 9.59 Å². The Balaban J connectivity index is 1.54. The van der Waals surface area contributed by atoms with Crippen molar-refractivity contribution in [2.75, 3.05) is 30.3 Å². The van der Waals surface area contributed by atoms with E-state index in [0.717, 1.165) is 25.1 Å². The molecule has 1 aliphatic rings. The number of hydrogen-bond acceptors (Lipinski definition) is 3. The summed E-state index contributed by atoms with van der Waals surface area (Å²) in [6.45, 7) is 1.31. The quantitative estimate of drug-likeness (QED) is 0.818. The largest absolute Gasteiger partial charge is 0.326 e. The molecule has 1 fully saturated rings. The van der Waals surface area contributed by atoms with Gasteiger partial charge in [0, 0.05) is 17.3 Å². The highest BCUT2D eigenvalue weighted by molar-refractivity contribution is 6.30. The molecular weight excluding hydrogens is 369 g/mol. The maximum atomic E-state index is 13.7. The van der Waals surface area contributed by atoms with Gasteiger partial charge in [0.05, 0.1) is 18.2 Å². The fraction of sp³-hybridized carbons (Fsp3) is 0.300. The Morgan fingerprint density at radius 3 is 2.70 bits per heavy atom. The summed E-state index contributed by atoms with van der Waals surface area (Å²) in [5.74, 6) is -1.10. The molecule has 3 rings (SSSR count). The molecule has 7 heteroatoms. The average Bonchev–Trinajstić information content (AvgIpc) is 2.65. The van der Waals surface area contributed by atoms with Gasteiger partial charge in [-0.2, -0.15) is 0 Å². The molecule has 2 N–H and O–H groups in total. The zero-order valence-corrected chi connectivity index (χ0v) is 15.5. The second kappa shape index (κ2) is 8.97. The predicted molar refractivity (Wildman–Crippen MR) is 104 cm³/mol. The van der Waals surface area contributed by atoms with Gasteiger partial charge in [0.1, 0.15) is 5.82 Å². The van der Waals surface area contributed by atoms with E-state index < -0.39 is 5.82 Å². The molecule has 1 saturated heterocycles. The molecule has 2 amide bonds. The maximum absolute atomic E-state index is 13.7. The van der Waals surface area contributed by atoms with Crippen molar-refractivity contribution in [3.8, 4) is 0 Å². The van der Waals surface area contributed by atoms with Crippen LogP contribution < -0.4 is 10.6 Å². The fourth-order valence-electron chi connectivity index (χ4n) is 3.17. The standard InChI is InChI=1S/C20H21ClFN3O2/c21-15-8-9-17(22)18(11-15)24-19(26)13-25-10-4-5-14(12-25)20(27)23-16-6-2-1-3-7-16/h1-3,6-9,11,14H,4-5,10,12-13H2,(H,23,27)(H,24,26)/t14-/m0/s1. The number of halogens is 2. The number of anilines is 2. The molecule has 5 nitrogen and oxygen atoms in total. The van der Waals surface area contributed by atoms with E-state index in [9.17, 15) is 14.0 Å². The summed E-state index contributed by atoms with van der Waals surface area (Å²) < 4.78 is 13.7. The van der Waals surface area contributed by atoms with Crippen LogP contribution in [0.1, 0.15) is 12.8 Å². The van der Waals surface area contributed by atoms with E-state index in [1.807, 2.05) is 35.2 Å². The summed E-state index contributed by atoms with van der Waals surface area (Å²) in [6.07, 6.45) is 1.60. The van der Waals surface area contributed by atoms with E-state index in [0.29, 0.717) is 11.6 Å². The minimum atomic E-state index is -0.536. The number of benzene rings is 2. The molecule has 0 aromatic heterocycles. The highest BCUT2D eigenvalue weighted by atomic mass is 35.5. The van der Waals surface area contributed by atoms with Crippen LogP contribution in [0.4, 0.5) is 15.8 Å². The molecule has 1 heterocycles. The molecule has 0 spiro atoms. The van der Waals surface area contributed by atoms with E-state index in [1.165, 1.54) is 18.2 Å². The first-order valence-corrected chi connectivity index (χ1v) is 9.22. The van der Waals surface area contributed by atoms with Gasteiger partial charge in [0.25, 0.3) is 0 Å². The molecule has 0 bridgehead atoms.